The number of benzene rings is 2. The molecule has 0 fully saturated rings. The van der Waals surface area contributed by atoms with Crippen LogP contribution in [0.15, 0.2) is 41.3 Å². The minimum Gasteiger partial charge on any atom is -0.302 e. The highest BCUT2D eigenvalue weighted by molar-refractivity contribution is 7.99. The number of likely N-dealkylation sites (N-methyl/N-ethyl adjacent to an activating group) is 1. The zero-order chi connectivity index (χ0) is 23.1. The van der Waals surface area contributed by atoms with Gasteiger partial charge in [0.25, 0.3) is 0 Å². The predicted molar refractivity (Wildman–Crippen MR) is 141 cm³/mol. The number of amides is 1. The van der Waals surface area contributed by atoms with Gasteiger partial charge >= 0.3 is 0 Å². The summed E-state index contributed by atoms with van der Waals surface area (Å²) in [5.74, 6) is 1.00. The van der Waals surface area contributed by atoms with Crippen LogP contribution in [0.4, 0.5) is 5.13 Å². The van der Waals surface area contributed by atoms with E-state index in [-0.39, 0.29) is 5.91 Å². The molecule has 1 aromatic heterocycles. The molecule has 0 aliphatic carbocycles. The number of hydrogen-bond donors (Lipinski definition) is 0. The summed E-state index contributed by atoms with van der Waals surface area (Å²) in [5, 5.41) is 2.20. The maximum absolute atomic E-state index is 13.2. The third kappa shape index (κ3) is 6.61. The number of aryl methyl sites for hydroxylation is 1. The van der Waals surface area contributed by atoms with E-state index >= 15 is 0 Å². The Labute approximate surface area is 208 Å². The van der Waals surface area contributed by atoms with Crippen LogP contribution in [0, 0.1) is 6.92 Å². The van der Waals surface area contributed by atoms with Gasteiger partial charge in [0.05, 0.1) is 10.2 Å². The molecule has 0 aliphatic rings. The van der Waals surface area contributed by atoms with Crippen molar-refractivity contribution in [2.45, 2.75) is 38.5 Å². The molecule has 3 rings (SSSR count). The Balaban J connectivity index is 1.69. The van der Waals surface area contributed by atoms with Crippen LogP contribution in [-0.2, 0) is 4.79 Å². The van der Waals surface area contributed by atoms with Crippen molar-refractivity contribution in [3.05, 3.63) is 52.0 Å². The van der Waals surface area contributed by atoms with E-state index in [0.717, 1.165) is 57.7 Å². The number of thioether (sulfide) groups is 1. The molecule has 0 spiro atoms. The second-order valence-corrected chi connectivity index (χ2v) is 10.5. The summed E-state index contributed by atoms with van der Waals surface area (Å²) in [7, 11) is 0. The number of nitrogens with zero attached hydrogens (tertiary/aromatic N) is 3. The van der Waals surface area contributed by atoms with Crippen molar-refractivity contribution in [1.82, 2.24) is 9.88 Å². The Kier molecular flexibility index (Phi) is 9.68. The van der Waals surface area contributed by atoms with Gasteiger partial charge in [0.1, 0.15) is 0 Å². The van der Waals surface area contributed by atoms with Crippen molar-refractivity contribution in [2.24, 2.45) is 0 Å². The predicted octanol–water partition coefficient (Wildman–Crippen LogP) is 7.16. The van der Waals surface area contributed by atoms with Crippen molar-refractivity contribution in [3.63, 3.8) is 0 Å². The Morgan fingerprint density at radius 2 is 1.78 bits per heavy atom. The van der Waals surface area contributed by atoms with Crippen LogP contribution >= 0.6 is 46.3 Å². The molecule has 2 aromatic carbocycles. The molecule has 0 radical (unpaired) electrons. The Bertz CT molecular complexity index is 1040. The Morgan fingerprint density at radius 1 is 1.06 bits per heavy atom. The van der Waals surface area contributed by atoms with Crippen LogP contribution in [0.5, 0.6) is 0 Å². The average molecular weight is 511 g/mol. The average Bonchev–Trinajstić information content (AvgIpc) is 3.22. The van der Waals surface area contributed by atoms with Gasteiger partial charge in [-0.1, -0.05) is 48.4 Å². The summed E-state index contributed by atoms with van der Waals surface area (Å²) in [6, 6.07) is 11.7. The first kappa shape index (κ1) is 25.3. The number of halogens is 2. The molecular formula is C24H29Cl2N3OS2. The first-order valence-corrected chi connectivity index (χ1v) is 13.5. The zero-order valence-electron chi connectivity index (χ0n) is 18.7. The van der Waals surface area contributed by atoms with Gasteiger partial charge in [-0.15, -0.1) is 11.8 Å². The van der Waals surface area contributed by atoms with Gasteiger partial charge in [-0.05, 0) is 74.1 Å². The van der Waals surface area contributed by atoms with Gasteiger partial charge in [0.15, 0.2) is 5.13 Å². The number of rotatable bonds is 11. The molecular weight excluding hydrogens is 481 g/mol. The van der Waals surface area contributed by atoms with Gasteiger partial charge < -0.3 is 4.90 Å². The highest BCUT2D eigenvalue weighted by atomic mass is 35.5. The van der Waals surface area contributed by atoms with Gasteiger partial charge in [-0.25, -0.2) is 4.98 Å². The molecule has 0 atom stereocenters. The minimum atomic E-state index is 0.122. The lowest BCUT2D eigenvalue weighted by Gasteiger charge is -2.24. The summed E-state index contributed by atoms with van der Waals surface area (Å²) >= 11 is 15.5. The van der Waals surface area contributed by atoms with Crippen molar-refractivity contribution in [1.29, 1.82) is 0 Å². The van der Waals surface area contributed by atoms with Gasteiger partial charge in [-0.3, -0.25) is 9.69 Å². The smallest absolute Gasteiger partial charge is 0.228 e. The van der Waals surface area contributed by atoms with Crippen LogP contribution in [0.3, 0.4) is 0 Å². The monoisotopic (exact) mass is 509 g/mol. The molecule has 3 aromatic rings. The van der Waals surface area contributed by atoms with E-state index in [1.165, 1.54) is 4.90 Å². The van der Waals surface area contributed by atoms with Gasteiger partial charge in [0, 0.05) is 34.5 Å². The number of hydrogen-bond acceptors (Lipinski definition) is 5. The first-order chi connectivity index (χ1) is 15.4. The summed E-state index contributed by atoms with van der Waals surface area (Å²) in [6.07, 6.45) is 1.30. The van der Waals surface area contributed by atoms with E-state index in [0.29, 0.717) is 18.0 Å². The van der Waals surface area contributed by atoms with E-state index in [1.54, 1.807) is 23.1 Å². The second-order valence-electron chi connectivity index (χ2n) is 7.49. The maximum Gasteiger partial charge on any atom is 0.228 e. The molecule has 0 N–H and O–H groups in total. The molecule has 0 saturated carbocycles. The maximum atomic E-state index is 13.2. The lowest BCUT2D eigenvalue weighted by molar-refractivity contribution is -0.118. The quantitative estimate of drug-likeness (QED) is 0.203. The minimum absolute atomic E-state index is 0.122. The van der Waals surface area contributed by atoms with E-state index in [2.05, 4.69) is 18.7 Å². The molecule has 0 unspecified atom stereocenters. The highest BCUT2D eigenvalue weighted by Gasteiger charge is 2.21. The number of aromatic nitrogens is 1. The number of carbonyl (C=O) groups excluding carboxylic acids is 1. The van der Waals surface area contributed by atoms with Crippen molar-refractivity contribution < 1.29 is 4.79 Å². The van der Waals surface area contributed by atoms with Gasteiger partial charge in [-0.2, -0.15) is 0 Å². The molecule has 0 saturated heterocycles. The summed E-state index contributed by atoms with van der Waals surface area (Å²) < 4.78 is 1.06. The zero-order valence-corrected chi connectivity index (χ0v) is 21.9. The molecule has 172 valence electrons. The van der Waals surface area contributed by atoms with E-state index in [9.17, 15) is 4.79 Å². The third-order valence-electron chi connectivity index (χ3n) is 5.42. The van der Waals surface area contributed by atoms with E-state index in [4.69, 9.17) is 28.2 Å². The van der Waals surface area contributed by atoms with Crippen molar-refractivity contribution in [3.8, 4) is 0 Å². The highest BCUT2D eigenvalue weighted by Crippen LogP contribution is 2.34. The van der Waals surface area contributed by atoms with Crippen LogP contribution in [0.2, 0.25) is 10.0 Å². The van der Waals surface area contributed by atoms with Crippen LogP contribution in [0.1, 0.15) is 32.3 Å². The molecule has 4 nitrogen and oxygen atoms in total. The van der Waals surface area contributed by atoms with Crippen molar-refractivity contribution >= 4 is 67.6 Å². The molecule has 0 aliphatic heterocycles. The van der Waals surface area contributed by atoms with E-state index < -0.39 is 0 Å². The molecule has 1 amide bonds. The van der Waals surface area contributed by atoms with Crippen molar-refractivity contribution in [2.75, 3.05) is 36.8 Å². The Hall–Kier alpha value is -1.31. The molecule has 8 heteroatoms. The lowest BCUT2D eigenvalue weighted by Crippen LogP contribution is -2.38. The molecule has 32 heavy (non-hydrogen) atoms. The van der Waals surface area contributed by atoms with Crippen LogP contribution < -0.4 is 4.90 Å². The number of anilines is 1. The topological polar surface area (TPSA) is 36.4 Å². The molecule has 1 heterocycles. The fraction of sp³-hybridized carbons (Fsp3) is 0.417. The largest absolute Gasteiger partial charge is 0.302 e. The Morgan fingerprint density at radius 3 is 2.47 bits per heavy atom. The summed E-state index contributed by atoms with van der Waals surface area (Å²) in [5.41, 5.74) is 1.85. The fourth-order valence-corrected chi connectivity index (χ4v) is 5.59. The summed E-state index contributed by atoms with van der Waals surface area (Å²) in [6.45, 7) is 9.66. The summed E-state index contributed by atoms with van der Waals surface area (Å²) in [4.78, 5) is 23.4. The fourth-order valence-electron chi connectivity index (χ4n) is 3.39. The first-order valence-electron chi connectivity index (χ1n) is 10.9. The number of carbonyl (C=O) groups is 1. The van der Waals surface area contributed by atoms with E-state index in [1.807, 2.05) is 48.2 Å². The number of thiazole rings is 1. The molecule has 0 bridgehead atoms. The second kappa shape index (κ2) is 12.2. The van der Waals surface area contributed by atoms with Gasteiger partial charge in [0.2, 0.25) is 5.91 Å². The van der Waals surface area contributed by atoms with Crippen LogP contribution in [0.25, 0.3) is 10.2 Å². The SMILES string of the molecule is CCN(CC)CCN(C(=O)CCCSc1ccc(Cl)cc1)c1nc2c(C)c(Cl)ccc2s1. The third-order valence-corrected chi connectivity index (χ3v) is 8.22. The van der Waals surface area contributed by atoms with Crippen LogP contribution in [-0.4, -0.2) is 47.7 Å². The normalized spacial score (nSPS) is 11.4. The standard InChI is InChI=1S/C24H29Cl2N3OS2/c1-4-28(5-2)14-15-29(24-27-23-17(3)20(26)12-13-21(23)32-24)22(30)7-6-16-31-19-10-8-18(25)9-11-19/h8-13H,4-7,14-16H2,1-3H3. The number of fused-ring (bicyclic) bond motifs is 1. The lowest BCUT2D eigenvalue weighted by atomic mass is 10.2.